The highest BCUT2D eigenvalue weighted by Gasteiger charge is 2.50. The monoisotopic (exact) mass is 282 g/mol. The van der Waals surface area contributed by atoms with Crippen molar-refractivity contribution in [2.45, 2.75) is 52.0 Å². The fraction of sp³-hybridized carbons (Fsp3) is 0.938. The molecule has 0 radical (unpaired) electrons. The van der Waals surface area contributed by atoms with Crippen molar-refractivity contribution in [2.24, 2.45) is 23.5 Å². The third kappa shape index (κ3) is 3.53. The van der Waals surface area contributed by atoms with Gasteiger partial charge in [0.2, 0.25) is 0 Å². The number of rotatable bonds is 6. The summed E-state index contributed by atoms with van der Waals surface area (Å²) in [5.41, 5.74) is 5.66. The van der Waals surface area contributed by atoms with Crippen molar-refractivity contribution in [1.29, 1.82) is 0 Å². The fourth-order valence-electron chi connectivity index (χ4n) is 3.37. The Hall–Kier alpha value is -0.610. The Morgan fingerprint density at radius 2 is 1.90 bits per heavy atom. The topological polar surface area (TPSA) is 55.6 Å². The molecular formula is C16H30N2O2. The summed E-state index contributed by atoms with van der Waals surface area (Å²) in [4.78, 5) is 14.6. The maximum absolute atomic E-state index is 12.2. The molecule has 1 unspecified atom stereocenters. The molecule has 2 aliphatic rings. The zero-order chi connectivity index (χ0) is 14.8. The first-order valence-corrected chi connectivity index (χ1v) is 8.15. The smallest absolute Gasteiger partial charge is 0.327 e. The number of piperidine rings is 1. The molecule has 1 heterocycles. The molecule has 0 amide bonds. The van der Waals surface area contributed by atoms with E-state index < -0.39 is 5.54 Å². The van der Waals surface area contributed by atoms with Gasteiger partial charge in [-0.05, 0) is 63.5 Å². The maximum Gasteiger partial charge on any atom is 0.327 e. The van der Waals surface area contributed by atoms with Crippen LogP contribution in [0.3, 0.4) is 0 Å². The third-order valence-corrected chi connectivity index (χ3v) is 5.02. The molecular weight excluding hydrogens is 252 g/mol. The van der Waals surface area contributed by atoms with Crippen molar-refractivity contribution in [3.8, 4) is 0 Å². The normalized spacial score (nSPS) is 24.6. The van der Waals surface area contributed by atoms with Gasteiger partial charge in [0.05, 0.1) is 6.61 Å². The van der Waals surface area contributed by atoms with Crippen LogP contribution in [-0.2, 0) is 9.53 Å². The number of hydrogen-bond acceptors (Lipinski definition) is 4. The first-order valence-electron chi connectivity index (χ1n) is 8.15. The maximum atomic E-state index is 12.2. The third-order valence-electron chi connectivity index (χ3n) is 5.02. The fourth-order valence-corrected chi connectivity index (χ4v) is 3.37. The van der Waals surface area contributed by atoms with Crippen LogP contribution in [-0.4, -0.2) is 42.6 Å². The summed E-state index contributed by atoms with van der Waals surface area (Å²) in [5.74, 6) is 1.70. The highest BCUT2D eigenvalue weighted by atomic mass is 16.5. The molecule has 0 aromatic heterocycles. The average Bonchev–Trinajstić information content (AvgIpc) is 3.24. The van der Waals surface area contributed by atoms with E-state index in [0.717, 1.165) is 37.8 Å². The molecule has 0 bridgehead atoms. The van der Waals surface area contributed by atoms with Crippen molar-refractivity contribution in [3.63, 3.8) is 0 Å². The first-order chi connectivity index (χ1) is 9.47. The highest BCUT2D eigenvalue weighted by molar-refractivity contribution is 5.82. The number of esters is 1. The van der Waals surface area contributed by atoms with Gasteiger partial charge in [-0.2, -0.15) is 0 Å². The Balaban J connectivity index is 1.91. The number of hydrogen-bond donors (Lipinski definition) is 1. The van der Waals surface area contributed by atoms with Crippen molar-refractivity contribution < 1.29 is 9.53 Å². The van der Waals surface area contributed by atoms with Gasteiger partial charge in [0.15, 0.2) is 0 Å². The Labute approximate surface area is 123 Å². The summed E-state index contributed by atoms with van der Waals surface area (Å²) < 4.78 is 5.22. The quantitative estimate of drug-likeness (QED) is 0.757. The molecule has 1 aliphatic carbocycles. The molecule has 2 N–H and O–H groups in total. The van der Waals surface area contributed by atoms with Crippen LogP contribution >= 0.6 is 0 Å². The summed E-state index contributed by atoms with van der Waals surface area (Å²) in [6.45, 7) is 9.66. The van der Waals surface area contributed by atoms with E-state index in [-0.39, 0.29) is 5.97 Å². The Kier molecular flexibility index (Phi) is 5.08. The second-order valence-electron chi connectivity index (χ2n) is 6.89. The lowest BCUT2D eigenvalue weighted by Crippen LogP contribution is -2.59. The van der Waals surface area contributed by atoms with Gasteiger partial charge in [0.1, 0.15) is 5.54 Å². The van der Waals surface area contributed by atoms with Crippen molar-refractivity contribution in [1.82, 2.24) is 4.90 Å². The lowest BCUT2D eigenvalue weighted by molar-refractivity contribution is -0.151. The minimum Gasteiger partial charge on any atom is -0.465 e. The zero-order valence-corrected chi connectivity index (χ0v) is 13.2. The van der Waals surface area contributed by atoms with Gasteiger partial charge in [-0.3, -0.25) is 0 Å². The van der Waals surface area contributed by atoms with E-state index in [1.165, 1.54) is 12.8 Å². The Bertz CT molecular complexity index is 333. The van der Waals surface area contributed by atoms with Crippen molar-refractivity contribution >= 4 is 5.97 Å². The van der Waals surface area contributed by atoms with Crippen LogP contribution in [0.5, 0.6) is 0 Å². The van der Waals surface area contributed by atoms with Gasteiger partial charge < -0.3 is 15.4 Å². The summed E-state index contributed by atoms with van der Waals surface area (Å²) in [7, 11) is 0. The molecule has 4 nitrogen and oxygen atoms in total. The number of ether oxygens (including phenoxy) is 1. The van der Waals surface area contributed by atoms with E-state index in [1.807, 2.05) is 6.92 Å². The lowest BCUT2D eigenvalue weighted by atomic mass is 9.85. The van der Waals surface area contributed by atoms with Crippen LogP contribution in [0.1, 0.15) is 46.5 Å². The van der Waals surface area contributed by atoms with Crippen LogP contribution in [0, 0.1) is 17.8 Å². The van der Waals surface area contributed by atoms with Crippen molar-refractivity contribution in [3.05, 3.63) is 0 Å². The van der Waals surface area contributed by atoms with E-state index in [9.17, 15) is 4.79 Å². The zero-order valence-electron chi connectivity index (χ0n) is 13.2. The van der Waals surface area contributed by atoms with Gasteiger partial charge in [-0.15, -0.1) is 0 Å². The molecule has 116 valence electrons. The Morgan fingerprint density at radius 1 is 1.30 bits per heavy atom. The Morgan fingerprint density at radius 3 is 2.35 bits per heavy atom. The van der Waals surface area contributed by atoms with Gasteiger partial charge in [-0.1, -0.05) is 13.8 Å². The van der Waals surface area contributed by atoms with Gasteiger partial charge in [0.25, 0.3) is 0 Å². The van der Waals surface area contributed by atoms with E-state index in [0.29, 0.717) is 19.1 Å². The minimum atomic E-state index is -0.777. The van der Waals surface area contributed by atoms with Gasteiger partial charge >= 0.3 is 5.97 Å². The van der Waals surface area contributed by atoms with E-state index >= 15 is 0 Å². The van der Waals surface area contributed by atoms with Crippen LogP contribution in [0.25, 0.3) is 0 Å². The molecule has 1 atom stereocenters. The SMILES string of the molecule is CCOC(=O)C(N)(CN1CCC(C(C)C)CC1)C1CC1. The van der Waals surface area contributed by atoms with Crippen LogP contribution in [0.4, 0.5) is 0 Å². The van der Waals surface area contributed by atoms with Crippen molar-refractivity contribution in [2.75, 3.05) is 26.2 Å². The molecule has 1 aliphatic heterocycles. The van der Waals surface area contributed by atoms with E-state index in [2.05, 4.69) is 18.7 Å². The minimum absolute atomic E-state index is 0.200. The summed E-state index contributed by atoms with van der Waals surface area (Å²) in [6, 6.07) is 0. The molecule has 20 heavy (non-hydrogen) atoms. The van der Waals surface area contributed by atoms with E-state index in [1.54, 1.807) is 0 Å². The summed E-state index contributed by atoms with van der Waals surface area (Å²) in [6.07, 6.45) is 4.58. The molecule has 1 saturated heterocycles. The predicted octanol–water partition coefficient (Wildman–Crippen LogP) is 2.02. The number of nitrogens with two attached hydrogens (primary N) is 1. The molecule has 4 heteroatoms. The molecule has 0 aromatic carbocycles. The predicted molar refractivity (Wildman–Crippen MR) is 80.3 cm³/mol. The van der Waals surface area contributed by atoms with Gasteiger partial charge in [0, 0.05) is 6.54 Å². The van der Waals surface area contributed by atoms with Gasteiger partial charge in [-0.25, -0.2) is 4.79 Å². The average molecular weight is 282 g/mol. The largest absolute Gasteiger partial charge is 0.465 e. The summed E-state index contributed by atoms with van der Waals surface area (Å²) >= 11 is 0. The van der Waals surface area contributed by atoms with Crippen LogP contribution in [0.15, 0.2) is 0 Å². The van der Waals surface area contributed by atoms with E-state index in [4.69, 9.17) is 10.5 Å². The number of likely N-dealkylation sites (tertiary alicyclic amines) is 1. The van der Waals surface area contributed by atoms with Crippen LogP contribution < -0.4 is 5.73 Å². The molecule has 1 saturated carbocycles. The number of carbonyl (C=O) groups excluding carboxylic acids is 1. The lowest BCUT2D eigenvalue weighted by Gasteiger charge is -2.38. The molecule has 0 spiro atoms. The van der Waals surface area contributed by atoms with Crippen LogP contribution in [0.2, 0.25) is 0 Å². The second-order valence-corrected chi connectivity index (χ2v) is 6.89. The second kappa shape index (κ2) is 6.44. The standard InChI is InChI=1S/C16H30N2O2/c1-4-20-15(19)16(17,14-5-6-14)11-18-9-7-13(8-10-18)12(2)3/h12-14H,4-11,17H2,1-3H3. The molecule has 0 aromatic rings. The highest BCUT2D eigenvalue weighted by Crippen LogP contribution is 2.40. The number of carbonyl (C=O) groups is 1. The molecule has 2 fully saturated rings. The first kappa shape index (κ1) is 15.8. The number of nitrogens with zero attached hydrogens (tertiary/aromatic N) is 1. The summed E-state index contributed by atoms with van der Waals surface area (Å²) in [5, 5.41) is 0. The molecule has 2 rings (SSSR count).